The number of nitrogens with zero attached hydrogens (tertiary/aromatic N) is 3. The predicted octanol–water partition coefficient (Wildman–Crippen LogP) is 0.739. The van der Waals surface area contributed by atoms with Crippen LogP contribution in [0.1, 0.15) is 15.9 Å². The second-order valence-electron chi connectivity index (χ2n) is 3.91. The lowest BCUT2D eigenvalue weighted by Crippen LogP contribution is -2.23. The molecule has 0 aliphatic rings. The van der Waals surface area contributed by atoms with Gasteiger partial charge in [0.1, 0.15) is 5.82 Å². The highest BCUT2D eigenvalue weighted by atomic mass is 19.1. The highest BCUT2D eigenvalue weighted by Crippen LogP contribution is 2.02. The van der Waals surface area contributed by atoms with E-state index in [2.05, 4.69) is 15.3 Å². The van der Waals surface area contributed by atoms with Crippen molar-refractivity contribution in [3.63, 3.8) is 0 Å². The molecule has 2 heterocycles. The predicted molar refractivity (Wildman–Crippen MR) is 66.4 cm³/mol. The van der Waals surface area contributed by atoms with E-state index in [1.165, 1.54) is 24.0 Å². The SMILES string of the molecule is Cn1cc(F)cc(CNc2ncc(C=O)cn2)c1=O. The maximum Gasteiger partial charge on any atom is 0.255 e. The molecule has 7 heteroatoms. The number of hydrogen-bond acceptors (Lipinski definition) is 5. The average Bonchev–Trinajstić information content (AvgIpc) is 2.41. The van der Waals surface area contributed by atoms with Crippen molar-refractivity contribution < 1.29 is 9.18 Å². The number of pyridine rings is 1. The van der Waals surface area contributed by atoms with Crippen LogP contribution in [0.5, 0.6) is 0 Å². The number of aldehydes is 1. The van der Waals surface area contributed by atoms with Crippen LogP contribution in [-0.4, -0.2) is 20.8 Å². The number of rotatable bonds is 4. The zero-order valence-corrected chi connectivity index (χ0v) is 10.1. The zero-order valence-electron chi connectivity index (χ0n) is 10.1. The van der Waals surface area contributed by atoms with E-state index in [9.17, 15) is 14.0 Å². The van der Waals surface area contributed by atoms with Gasteiger partial charge in [0.25, 0.3) is 5.56 Å². The summed E-state index contributed by atoms with van der Waals surface area (Å²) in [5.74, 6) is -0.229. The Labute approximate surface area is 107 Å². The molecule has 0 saturated carbocycles. The third kappa shape index (κ3) is 3.01. The fourth-order valence-corrected chi connectivity index (χ4v) is 1.53. The average molecular weight is 262 g/mol. The smallest absolute Gasteiger partial charge is 0.255 e. The number of hydrogen-bond donors (Lipinski definition) is 1. The molecule has 0 aliphatic carbocycles. The molecule has 0 amide bonds. The first kappa shape index (κ1) is 12.9. The van der Waals surface area contributed by atoms with Crippen molar-refractivity contribution in [1.82, 2.24) is 14.5 Å². The van der Waals surface area contributed by atoms with Crippen molar-refractivity contribution in [3.05, 3.63) is 52.0 Å². The molecule has 0 spiro atoms. The number of anilines is 1. The van der Waals surface area contributed by atoms with Crippen LogP contribution in [0.4, 0.5) is 10.3 Å². The summed E-state index contributed by atoms with van der Waals surface area (Å²) >= 11 is 0. The topological polar surface area (TPSA) is 76.9 Å². The lowest BCUT2D eigenvalue weighted by molar-refractivity contribution is 0.112. The van der Waals surface area contributed by atoms with E-state index in [0.717, 1.165) is 12.3 Å². The lowest BCUT2D eigenvalue weighted by Gasteiger charge is -2.06. The third-order valence-electron chi connectivity index (χ3n) is 2.47. The molecule has 0 unspecified atom stereocenters. The van der Waals surface area contributed by atoms with Gasteiger partial charge in [-0.05, 0) is 6.07 Å². The molecular weight excluding hydrogens is 251 g/mol. The standard InChI is InChI=1S/C12H11FN4O2/c1-17-6-10(13)2-9(11(17)19)5-16-12-14-3-8(7-18)4-15-12/h2-4,6-7H,5H2,1H3,(H,14,15,16). The Morgan fingerprint density at radius 3 is 2.74 bits per heavy atom. The third-order valence-corrected chi connectivity index (χ3v) is 2.47. The van der Waals surface area contributed by atoms with Crippen molar-refractivity contribution in [2.45, 2.75) is 6.54 Å². The molecule has 0 aromatic carbocycles. The van der Waals surface area contributed by atoms with Crippen LogP contribution < -0.4 is 10.9 Å². The summed E-state index contributed by atoms with van der Waals surface area (Å²) in [4.78, 5) is 29.9. The quantitative estimate of drug-likeness (QED) is 0.822. The van der Waals surface area contributed by atoms with Gasteiger partial charge in [-0.15, -0.1) is 0 Å². The van der Waals surface area contributed by atoms with Crippen LogP contribution in [-0.2, 0) is 13.6 Å². The fourth-order valence-electron chi connectivity index (χ4n) is 1.53. The van der Waals surface area contributed by atoms with Crippen LogP contribution in [0.2, 0.25) is 0 Å². The molecular formula is C12H11FN4O2. The largest absolute Gasteiger partial charge is 0.350 e. The molecule has 19 heavy (non-hydrogen) atoms. The number of carbonyl (C=O) groups excluding carboxylic acids is 1. The van der Waals surface area contributed by atoms with Crippen molar-refractivity contribution in [2.75, 3.05) is 5.32 Å². The van der Waals surface area contributed by atoms with Crippen molar-refractivity contribution >= 4 is 12.2 Å². The van der Waals surface area contributed by atoms with Crippen molar-refractivity contribution in [1.29, 1.82) is 0 Å². The van der Waals surface area contributed by atoms with Gasteiger partial charge in [0, 0.05) is 37.7 Å². The second kappa shape index (κ2) is 5.38. The first-order chi connectivity index (χ1) is 9.10. The Hall–Kier alpha value is -2.57. The molecule has 2 aromatic heterocycles. The zero-order chi connectivity index (χ0) is 13.8. The number of aromatic nitrogens is 3. The van der Waals surface area contributed by atoms with E-state index in [-0.39, 0.29) is 23.6 Å². The molecule has 0 aliphatic heterocycles. The lowest BCUT2D eigenvalue weighted by atomic mass is 10.2. The summed E-state index contributed by atoms with van der Waals surface area (Å²) in [7, 11) is 1.48. The van der Waals surface area contributed by atoms with Crippen LogP contribution in [0.15, 0.2) is 29.5 Å². The molecule has 2 rings (SSSR count). The normalized spacial score (nSPS) is 10.2. The minimum absolute atomic E-state index is 0.102. The van der Waals surface area contributed by atoms with Crippen LogP contribution in [0, 0.1) is 5.82 Å². The minimum atomic E-state index is -0.490. The Bertz CT molecular complexity index is 652. The highest BCUT2D eigenvalue weighted by molar-refractivity contribution is 5.73. The summed E-state index contributed by atoms with van der Waals surface area (Å²) in [6.07, 6.45) is 4.45. The Kier molecular flexibility index (Phi) is 3.65. The van der Waals surface area contributed by atoms with E-state index < -0.39 is 5.82 Å². The highest BCUT2D eigenvalue weighted by Gasteiger charge is 2.05. The van der Waals surface area contributed by atoms with Gasteiger partial charge in [0.05, 0.1) is 5.56 Å². The molecule has 6 nitrogen and oxygen atoms in total. The maximum absolute atomic E-state index is 13.2. The summed E-state index contributed by atoms with van der Waals surface area (Å²) in [5.41, 5.74) is 0.330. The van der Waals surface area contributed by atoms with Gasteiger partial charge in [-0.3, -0.25) is 9.59 Å². The van der Waals surface area contributed by atoms with E-state index in [1.807, 2.05) is 0 Å². The number of aryl methyl sites for hydroxylation is 1. The molecule has 0 fully saturated rings. The van der Waals surface area contributed by atoms with Crippen LogP contribution in [0.3, 0.4) is 0 Å². The van der Waals surface area contributed by atoms with Gasteiger partial charge in [-0.2, -0.15) is 0 Å². The van der Waals surface area contributed by atoms with E-state index in [1.54, 1.807) is 0 Å². The Morgan fingerprint density at radius 2 is 2.11 bits per heavy atom. The van der Waals surface area contributed by atoms with Crippen molar-refractivity contribution in [2.24, 2.45) is 7.05 Å². The first-order valence-corrected chi connectivity index (χ1v) is 5.46. The summed E-state index contributed by atoms with van der Waals surface area (Å²) in [6, 6.07) is 1.16. The molecule has 0 bridgehead atoms. The van der Waals surface area contributed by atoms with Crippen LogP contribution >= 0.6 is 0 Å². The summed E-state index contributed by atoms with van der Waals surface area (Å²) in [6.45, 7) is 0.102. The van der Waals surface area contributed by atoms with E-state index >= 15 is 0 Å². The molecule has 0 radical (unpaired) electrons. The van der Waals surface area contributed by atoms with Gasteiger partial charge in [-0.1, -0.05) is 0 Å². The van der Waals surface area contributed by atoms with Crippen molar-refractivity contribution in [3.8, 4) is 0 Å². The number of halogens is 1. The van der Waals surface area contributed by atoms with Crippen LogP contribution in [0.25, 0.3) is 0 Å². The van der Waals surface area contributed by atoms with Gasteiger partial charge < -0.3 is 9.88 Å². The second-order valence-corrected chi connectivity index (χ2v) is 3.91. The fraction of sp³-hybridized carbons (Fsp3) is 0.167. The van der Waals surface area contributed by atoms with Gasteiger partial charge in [0.2, 0.25) is 5.95 Å². The molecule has 0 saturated heterocycles. The first-order valence-electron chi connectivity index (χ1n) is 5.46. The van der Waals surface area contributed by atoms with E-state index in [0.29, 0.717) is 11.8 Å². The monoisotopic (exact) mass is 262 g/mol. The number of nitrogens with one attached hydrogen (secondary N) is 1. The molecule has 1 N–H and O–H groups in total. The molecule has 98 valence electrons. The van der Waals surface area contributed by atoms with Gasteiger partial charge in [0.15, 0.2) is 6.29 Å². The van der Waals surface area contributed by atoms with Gasteiger partial charge in [-0.25, -0.2) is 14.4 Å². The maximum atomic E-state index is 13.2. The Balaban J connectivity index is 2.14. The summed E-state index contributed by atoms with van der Waals surface area (Å²) < 4.78 is 14.3. The van der Waals surface area contributed by atoms with Gasteiger partial charge >= 0.3 is 0 Å². The Morgan fingerprint density at radius 1 is 1.42 bits per heavy atom. The molecule has 0 atom stereocenters. The van der Waals surface area contributed by atoms with E-state index in [4.69, 9.17) is 0 Å². The minimum Gasteiger partial charge on any atom is -0.350 e. The summed E-state index contributed by atoms with van der Waals surface area (Å²) in [5, 5.41) is 2.79. The molecule has 2 aromatic rings. The number of carbonyl (C=O) groups is 1.